The summed E-state index contributed by atoms with van der Waals surface area (Å²) in [6.07, 6.45) is -3.67. The number of hydrogen-bond acceptors (Lipinski definition) is 5. The van der Waals surface area contributed by atoms with Crippen LogP contribution in [0, 0.1) is 10.1 Å². The molecule has 0 spiro atoms. The van der Waals surface area contributed by atoms with E-state index >= 15 is 0 Å². The van der Waals surface area contributed by atoms with Crippen LogP contribution in [0.4, 0.5) is 18.9 Å². The normalized spacial score (nSPS) is 16.6. The summed E-state index contributed by atoms with van der Waals surface area (Å²) >= 11 is 0. The molecule has 1 aliphatic rings. The highest BCUT2D eigenvalue weighted by Gasteiger charge is 2.39. The highest BCUT2D eigenvalue weighted by Crippen LogP contribution is 2.28. The summed E-state index contributed by atoms with van der Waals surface area (Å²) in [5, 5.41) is 14.2. The smallest absolute Gasteiger partial charge is 0.299 e. The van der Waals surface area contributed by atoms with Crippen LogP contribution in [0.1, 0.15) is 30.3 Å². The minimum absolute atomic E-state index is 0.0208. The molecule has 8 nitrogen and oxygen atoms in total. The standard InChI is InChI=1S/C16H18F3N5O3/c1-21-14(16(17,18)19)20-23(15(21)25)12-6-8-22(9-7-12)10-11-2-4-13(5-3-11)24(26)27/h2-5,12H,6-10H2,1H3. The second-order valence-electron chi connectivity index (χ2n) is 6.54. The first-order chi connectivity index (χ1) is 12.7. The lowest BCUT2D eigenvalue weighted by molar-refractivity contribution is -0.384. The van der Waals surface area contributed by atoms with E-state index in [2.05, 4.69) is 10.00 Å². The lowest BCUT2D eigenvalue weighted by Gasteiger charge is -2.31. The van der Waals surface area contributed by atoms with Crippen LogP contribution < -0.4 is 5.69 Å². The highest BCUT2D eigenvalue weighted by atomic mass is 19.4. The molecule has 1 fully saturated rings. The average Bonchev–Trinajstić information content (AvgIpc) is 2.92. The number of likely N-dealkylation sites (tertiary alicyclic amines) is 1. The number of non-ortho nitro benzene ring substituents is 1. The van der Waals surface area contributed by atoms with Crippen LogP contribution in [0.15, 0.2) is 29.1 Å². The Labute approximate surface area is 152 Å². The van der Waals surface area contributed by atoms with Gasteiger partial charge in [-0.25, -0.2) is 9.48 Å². The Balaban J connectivity index is 1.64. The fourth-order valence-corrected chi connectivity index (χ4v) is 3.24. The van der Waals surface area contributed by atoms with Crippen molar-refractivity contribution in [2.75, 3.05) is 13.1 Å². The van der Waals surface area contributed by atoms with Crippen LogP contribution in [0.3, 0.4) is 0 Å². The van der Waals surface area contributed by atoms with Gasteiger partial charge in [-0.1, -0.05) is 12.1 Å². The first-order valence-corrected chi connectivity index (χ1v) is 8.35. The number of nitro groups is 1. The lowest BCUT2D eigenvalue weighted by Crippen LogP contribution is -2.37. The van der Waals surface area contributed by atoms with E-state index in [4.69, 9.17) is 0 Å². The van der Waals surface area contributed by atoms with Crippen LogP contribution in [0.2, 0.25) is 0 Å². The zero-order valence-corrected chi connectivity index (χ0v) is 14.5. The molecule has 1 aromatic heterocycles. The van der Waals surface area contributed by atoms with Crippen LogP contribution >= 0.6 is 0 Å². The summed E-state index contributed by atoms with van der Waals surface area (Å²) in [6.45, 7) is 1.76. The SMILES string of the molecule is Cn1c(C(F)(F)F)nn(C2CCN(Cc3ccc([N+](=O)[O-])cc3)CC2)c1=O. The monoisotopic (exact) mass is 385 g/mol. The fraction of sp³-hybridized carbons (Fsp3) is 0.500. The van der Waals surface area contributed by atoms with Crippen molar-refractivity contribution in [3.8, 4) is 0 Å². The predicted molar refractivity (Wildman–Crippen MR) is 89.1 cm³/mol. The number of piperidine rings is 1. The topological polar surface area (TPSA) is 86.2 Å². The maximum Gasteiger partial charge on any atom is 0.451 e. The second kappa shape index (κ2) is 7.14. The lowest BCUT2D eigenvalue weighted by atomic mass is 10.0. The Morgan fingerprint density at radius 3 is 2.30 bits per heavy atom. The number of nitro benzene ring substituents is 1. The third-order valence-electron chi connectivity index (χ3n) is 4.71. The molecule has 0 N–H and O–H groups in total. The van der Waals surface area contributed by atoms with Gasteiger partial charge in [0.15, 0.2) is 0 Å². The number of halogens is 3. The van der Waals surface area contributed by atoms with Crippen molar-refractivity contribution < 1.29 is 18.1 Å². The maximum atomic E-state index is 12.9. The van der Waals surface area contributed by atoms with Gasteiger partial charge in [0.05, 0.1) is 11.0 Å². The molecule has 1 saturated heterocycles. The van der Waals surface area contributed by atoms with Crippen molar-refractivity contribution in [3.05, 3.63) is 56.3 Å². The summed E-state index contributed by atoms with van der Waals surface area (Å²) in [4.78, 5) is 24.4. The zero-order valence-electron chi connectivity index (χ0n) is 14.5. The molecule has 11 heteroatoms. The van der Waals surface area contributed by atoms with E-state index in [1.54, 1.807) is 12.1 Å². The van der Waals surface area contributed by atoms with Crippen LogP contribution in [-0.2, 0) is 19.8 Å². The minimum Gasteiger partial charge on any atom is -0.299 e. The largest absolute Gasteiger partial charge is 0.451 e. The number of aromatic nitrogens is 3. The average molecular weight is 385 g/mol. The first-order valence-electron chi connectivity index (χ1n) is 8.35. The molecule has 1 aliphatic heterocycles. The fourth-order valence-electron chi connectivity index (χ4n) is 3.24. The molecule has 0 bridgehead atoms. The summed E-state index contributed by atoms with van der Waals surface area (Å²) in [6, 6.07) is 5.86. The van der Waals surface area contributed by atoms with Gasteiger partial charge in [-0.15, -0.1) is 5.10 Å². The molecular weight excluding hydrogens is 367 g/mol. The van der Waals surface area contributed by atoms with Gasteiger partial charge in [0.1, 0.15) is 0 Å². The van der Waals surface area contributed by atoms with E-state index in [0.717, 1.165) is 17.3 Å². The molecule has 146 valence electrons. The summed E-state index contributed by atoms with van der Waals surface area (Å²) in [5.74, 6) is -1.19. The molecular formula is C16H18F3N5O3. The third-order valence-corrected chi connectivity index (χ3v) is 4.71. The summed E-state index contributed by atoms with van der Waals surface area (Å²) in [7, 11) is 1.07. The van der Waals surface area contributed by atoms with Gasteiger partial charge in [0, 0.05) is 38.8 Å². The number of benzene rings is 1. The maximum absolute atomic E-state index is 12.9. The molecule has 2 aromatic rings. The quantitative estimate of drug-likeness (QED) is 0.596. The van der Waals surface area contributed by atoms with Crippen molar-refractivity contribution in [2.45, 2.75) is 31.6 Å². The van der Waals surface area contributed by atoms with Gasteiger partial charge in [0.25, 0.3) is 5.69 Å². The Bertz CT molecular complexity index is 880. The van der Waals surface area contributed by atoms with E-state index in [9.17, 15) is 28.1 Å². The molecule has 0 aliphatic carbocycles. The minimum atomic E-state index is -4.67. The van der Waals surface area contributed by atoms with Gasteiger partial charge in [-0.2, -0.15) is 13.2 Å². The molecule has 0 saturated carbocycles. The molecule has 3 rings (SSSR count). The number of nitrogens with zero attached hydrogens (tertiary/aromatic N) is 5. The van der Waals surface area contributed by atoms with E-state index < -0.39 is 22.6 Å². The van der Waals surface area contributed by atoms with Crippen molar-refractivity contribution in [1.82, 2.24) is 19.2 Å². The summed E-state index contributed by atoms with van der Waals surface area (Å²) < 4.78 is 40.2. The van der Waals surface area contributed by atoms with E-state index in [1.807, 2.05) is 0 Å². The third kappa shape index (κ3) is 4.02. The first kappa shape index (κ1) is 19.1. The molecule has 0 atom stereocenters. The number of rotatable bonds is 4. The van der Waals surface area contributed by atoms with Gasteiger partial charge in [-0.05, 0) is 18.4 Å². The van der Waals surface area contributed by atoms with Crippen LogP contribution in [0.5, 0.6) is 0 Å². The van der Waals surface area contributed by atoms with Crippen molar-refractivity contribution >= 4 is 5.69 Å². The number of hydrogen-bond donors (Lipinski definition) is 0. The van der Waals surface area contributed by atoms with Crippen molar-refractivity contribution in [3.63, 3.8) is 0 Å². The molecule has 1 aromatic carbocycles. The Morgan fingerprint density at radius 1 is 1.22 bits per heavy atom. The Morgan fingerprint density at radius 2 is 1.81 bits per heavy atom. The molecule has 0 unspecified atom stereocenters. The van der Waals surface area contributed by atoms with E-state index in [-0.39, 0.29) is 11.7 Å². The van der Waals surface area contributed by atoms with Crippen molar-refractivity contribution in [2.24, 2.45) is 7.05 Å². The van der Waals surface area contributed by atoms with Crippen LogP contribution in [0.25, 0.3) is 0 Å². The second-order valence-corrected chi connectivity index (χ2v) is 6.54. The van der Waals surface area contributed by atoms with Gasteiger partial charge in [0.2, 0.25) is 5.82 Å². The Kier molecular flexibility index (Phi) is 5.05. The molecule has 0 amide bonds. The molecule has 27 heavy (non-hydrogen) atoms. The highest BCUT2D eigenvalue weighted by molar-refractivity contribution is 5.32. The van der Waals surface area contributed by atoms with E-state index in [0.29, 0.717) is 37.0 Å². The number of alkyl halides is 3. The Hall–Kier alpha value is -2.69. The zero-order chi connectivity index (χ0) is 19.8. The summed E-state index contributed by atoms with van der Waals surface area (Å²) in [5.41, 5.74) is 0.164. The van der Waals surface area contributed by atoms with Crippen LogP contribution in [-0.4, -0.2) is 37.3 Å². The van der Waals surface area contributed by atoms with Gasteiger partial charge < -0.3 is 0 Å². The molecule has 2 heterocycles. The predicted octanol–water partition coefficient (Wildman–Crippen LogP) is 2.35. The molecule has 0 radical (unpaired) electrons. The van der Waals surface area contributed by atoms with Gasteiger partial charge in [-0.3, -0.25) is 19.6 Å². The van der Waals surface area contributed by atoms with Crippen molar-refractivity contribution in [1.29, 1.82) is 0 Å². The van der Waals surface area contributed by atoms with Gasteiger partial charge >= 0.3 is 11.9 Å². The van der Waals surface area contributed by atoms with E-state index in [1.165, 1.54) is 12.1 Å².